The van der Waals surface area contributed by atoms with E-state index >= 15 is 0 Å². The molecule has 6 nitrogen and oxygen atoms in total. The van der Waals surface area contributed by atoms with Gasteiger partial charge in [0, 0.05) is 16.0 Å². The molecule has 194 valence electrons. The molecule has 1 aromatic heterocycles. The van der Waals surface area contributed by atoms with Crippen LogP contribution in [0.3, 0.4) is 0 Å². The number of aryl methyl sites for hydroxylation is 1. The molecule has 1 aliphatic carbocycles. The van der Waals surface area contributed by atoms with Crippen LogP contribution < -0.4 is 10.5 Å². The fourth-order valence-corrected chi connectivity index (χ4v) is 5.63. The Kier molecular flexibility index (Phi) is 8.44. The summed E-state index contributed by atoms with van der Waals surface area (Å²) in [5.41, 5.74) is 9.53. The Morgan fingerprint density at radius 2 is 1.89 bits per heavy atom. The first-order valence-corrected chi connectivity index (χ1v) is 14.1. The molecule has 0 unspecified atom stereocenters. The number of rotatable bonds is 8. The normalized spacial score (nSPS) is 16.7. The molecule has 0 bridgehead atoms. The highest BCUT2D eigenvalue weighted by Crippen LogP contribution is 2.33. The summed E-state index contributed by atoms with van der Waals surface area (Å²) in [5.74, 6) is 0.452. The number of oxime groups is 1. The lowest BCUT2D eigenvalue weighted by Crippen LogP contribution is -2.27. The first-order chi connectivity index (χ1) is 18.0. The molecule has 0 atom stereocenters. The van der Waals surface area contributed by atoms with E-state index in [9.17, 15) is 4.79 Å². The van der Waals surface area contributed by atoms with Crippen molar-refractivity contribution in [2.75, 3.05) is 19.6 Å². The topological polar surface area (TPSA) is 77.2 Å². The van der Waals surface area contributed by atoms with Crippen LogP contribution in [-0.2, 0) is 22.7 Å². The van der Waals surface area contributed by atoms with Crippen molar-refractivity contribution in [3.8, 4) is 16.2 Å². The third kappa shape index (κ3) is 7.12. The summed E-state index contributed by atoms with van der Waals surface area (Å²) in [6.45, 7) is 4.22. The number of amides is 1. The van der Waals surface area contributed by atoms with Crippen molar-refractivity contribution in [3.05, 3.63) is 75.6 Å². The number of carbonyl (C=O) groups is 1. The Labute approximate surface area is 227 Å². The summed E-state index contributed by atoms with van der Waals surface area (Å²) >= 11 is 7.43. The summed E-state index contributed by atoms with van der Waals surface area (Å²) in [7, 11) is 0. The molecule has 2 N–H and O–H groups in total. The van der Waals surface area contributed by atoms with Gasteiger partial charge >= 0.3 is 0 Å². The molecule has 6 rings (SSSR count). The van der Waals surface area contributed by atoms with Crippen molar-refractivity contribution in [2.45, 2.75) is 51.2 Å². The van der Waals surface area contributed by atoms with Crippen LogP contribution in [0.5, 0.6) is 5.75 Å². The molecule has 2 aromatic carbocycles. The van der Waals surface area contributed by atoms with E-state index in [1.54, 1.807) is 0 Å². The number of halogens is 1. The highest BCUT2D eigenvalue weighted by atomic mass is 35.5. The molecular weight excluding hydrogens is 506 g/mol. The van der Waals surface area contributed by atoms with Crippen LogP contribution in [0, 0.1) is 0 Å². The molecule has 2 aliphatic heterocycles. The number of carbonyl (C=O) groups excluding carboxylic acids is 1. The second kappa shape index (κ2) is 12.1. The number of nitrogens with two attached hydrogens (primary N) is 1. The standard InChI is InChI=1S/C16H23NO.C13H9ClN2O2S/c1-2-12-17(11-1)13-3-4-14-5-7-15(8-6-14)18-16-9-10-16;14-11-4-3-10(19-11)7-1-2-9-8(5-7)6-18-16-12(9)13(15)17/h5-8,16H,1-4,9-13H2;1-5H,6H2,(H2,15,17). The van der Waals surface area contributed by atoms with E-state index in [2.05, 4.69) is 34.3 Å². The van der Waals surface area contributed by atoms with Gasteiger partial charge in [0.2, 0.25) is 0 Å². The summed E-state index contributed by atoms with van der Waals surface area (Å²) in [6, 6.07) is 18.2. The molecule has 1 amide bonds. The molecule has 37 heavy (non-hydrogen) atoms. The zero-order valence-corrected chi connectivity index (χ0v) is 22.4. The minimum Gasteiger partial charge on any atom is -0.490 e. The van der Waals surface area contributed by atoms with E-state index in [1.165, 1.54) is 75.1 Å². The van der Waals surface area contributed by atoms with Crippen molar-refractivity contribution >= 4 is 34.6 Å². The van der Waals surface area contributed by atoms with Gasteiger partial charge in [-0.25, -0.2) is 0 Å². The lowest BCUT2D eigenvalue weighted by molar-refractivity contribution is -0.112. The maximum atomic E-state index is 11.3. The number of thiophene rings is 1. The van der Waals surface area contributed by atoms with Crippen molar-refractivity contribution in [3.63, 3.8) is 0 Å². The van der Waals surface area contributed by atoms with Crippen LogP contribution in [0.1, 0.15) is 48.8 Å². The van der Waals surface area contributed by atoms with Gasteiger partial charge < -0.3 is 20.2 Å². The number of hydrogen-bond acceptors (Lipinski definition) is 6. The number of ether oxygens (including phenoxy) is 1. The predicted octanol–water partition coefficient (Wildman–Crippen LogP) is 6.04. The summed E-state index contributed by atoms with van der Waals surface area (Å²) in [4.78, 5) is 20.0. The van der Waals surface area contributed by atoms with Gasteiger partial charge in [0.25, 0.3) is 5.91 Å². The third-order valence-electron chi connectivity index (χ3n) is 6.72. The molecule has 8 heteroatoms. The number of nitrogens with zero attached hydrogens (tertiary/aromatic N) is 2. The van der Waals surface area contributed by atoms with Gasteiger partial charge in [0.05, 0.1) is 10.4 Å². The molecule has 0 radical (unpaired) electrons. The number of benzene rings is 2. The van der Waals surface area contributed by atoms with E-state index in [0.717, 1.165) is 31.7 Å². The summed E-state index contributed by atoms with van der Waals surface area (Å²) in [6.07, 6.45) is 8.24. The van der Waals surface area contributed by atoms with Crippen LogP contribution in [0.25, 0.3) is 10.4 Å². The maximum absolute atomic E-state index is 11.3. The molecule has 1 saturated heterocycles. The Morgan fingerprint density at radius 3 is 2.57 bits per heavy atom. The molecule has 3 heterocycles. The minimum absolute atomic E-state index is 0.164. The van der Waals surface area contributed by atoms with Gasteiger partial charge in [-0.3, -0.25) is 4.79 Å². The first kappa shape index (κ1) is 25.8. The number of fused-ring (bicyclic) bond motifs is 1. The van der Waals surface area contributed by atoms with Crippen molar-refractivity contribution in [2.24, 2.45) is 10.9 Å². The monoisotopic (exact) mass is 537 g/mol. The Bertz CT molecular complexity index is 1250. The van der Waals surface area contributed by atoms with Crippen molar-refractivity contribution in [1.82, 2.24) is 4.90 Å². The molecule has 2 fully saturated rings. The first-order valence-electron chi connectivity index (χ1n) is 12.9. The Hall–Kier alpha value is -2.87. The lowest BCUT2D eigenvalue weighted by atomic mass is 9.99. The smallest absolute Gasteiger partial charge is 0.271 e. The highest BCUT2D eigenvalue weighted by molar-refractivity contribution is 7.19. The van der Waals surface area contributed by atoms with Crippen LogP contribution >= 0.6 is 22.9 Å². The minimum atomic E-state index is -0.590. The number of primary amides is 1. The highest BCUT2D eigenvalue weighted by Gasteiger charge is 2.23. The van der Waals surface area contributed by atoms with Crippen LogP contribution in [0.2, 0.25) is 4.34 Å². The number of likely N-dealkylation sites (tertiary alicyclic amines) is 1. The average molecular weight is 538 g/mol. The van der Waals surface area contributed by atoms with Crippen molar-refractivity contribution in [1.29, 1.82) is 0 Å². The Morgan fingerprint density at radius 1 is 1.11 bits per heavy atom. The predicted molar refractivity (Wildman–Crippen MR) is 149 cm³/mol. The van der Waals surface area contributed by atoms with Gasteiger partial charge in [-0.2, -0.15) is 0 Å². The van der Waals surface area contributed by atoms with Crippen LogP contribution in [0.4, 0.5) is 0 Å². The molecule has 0 spiro atoms. The molecule has 3 aromatic rings. The third-order valence-corrected chi connectivity index (χ3v) is 8.00. The second-order valence-electron chi connectivity index (χ2n) is 9.67. The molecule has 1 saturated carbocycles. The van der Waals surface area contributed by atoms with Gasteiger partial charge in [0.1, 0.15) is 12.4 Å². The van der Waals surface area contributed by atoms with Gasteiger partial charge in [-0.15, -0.1) is 11.3 Å². The van der Waals surface area contributed by atoms with E-state index in [0.29, 0.717) is 12.7 Å². The van der Waals surface area contributed by atoms with Crippen molar-refractivity contribution < 1.29 is 14.4 Å². The van der Waals surface area contributed by atoms with Gasteiger partial charge in [0.15, 0.2) is 5.71 Å². The largest absolute Gasteiger partial charge is 0.490 e. The Balaban J connectivity index is 0.000000152. The van der Waals surface area contributed by atoms with E-state index in [4.69, 9.17) is 26.9 Å². The average Bonchev–Trinajstić information content (AvgIpc) is 3.36. The maximum Gasteiger partial charge on any atom is 0.271 e. The summed E-state index contributed by atoms with van der Waals surface area (Å²) < 4.78 is 6.50. The second-order valence-corrected chi connectivity index (χ2v) is 11.4. The molecule has 3 aliphatic rings. The van der Waals surface area contributed by atoms with E-state index in [-0.39, 0.29) is 5.71 Å². The zero-order valence-electron chi connectivity index (χ0n) is 20.8. The SMILES string of the molecule is NC(=O)C1=NOCc2cc(-c3ccc(Cl)s3)ccc21.c1cc(OC2CC2)ccc1CCCN1CCCC1. The summed E-state index contributed by atoms with van der Waals surface area (Å²) in [5, 5.41) is 3.70. The van der Waals surface area contributed by atoms with Crippen LogP contribution in [-0.4, -0.2) is 42.3 Å². The van der Waals surface area contributed by atoms with Crippen LogP contribution in [0.15, 0.2) is 59.8 Å². The van der Waals surface area contributed by atoms with E-state index in [1.807, 2.05) is 30.3 Å². The lowest BCUT2D eigenvalue weighted by Gasteiger charge is -2.15. The fraction of sp³-hybridized carbons (Fsp3) is 0.379. The van der Waals surface area contributed by atoms with E-state index < -0.39 is 5.91 Å². The quantitative estimate of drug-likeness (QED) is 0.380. The van der Waals surface area contributed by atoms with Gasteiger partial charge in [-0.05, 0) is 99.6 Å². The van der Waals surface area contributed by atoms with Gasteiger partial charge in [-0.1, -0.05) is 41.0 Å². The zero-order chi connectivity index (χ0) is 25.6. The number of hydrogen-bond donors (Lipinski definition) is 1. The fourth-order valence-electron chi connectivity index (χ4n) is 4.59. The molecular formula is C29H32ClN3O3S.